The average Bonchev–Trinajstić information content (AvgIpc) is 2.54. The minimum Gasteiger partial charge on any atom is -0.378 e. The van der Waals surface area contributed by atoms with Gasteiger partial charge in [-0.2, -0.15) is 0 Å². The first-order chi connectivity index (χ1) is 10.3. The van der Waals surface area contributed by atoms with E-state index in [2.05, 4.69) is 15.2 Å². The summed E-state index contributed by atoms with van der Waals surface area (Å²) in [4.78, 5) is 18.3. The molecule has 2 heterocycles. The zero-order valence-corrected chi connectivity index (χ0v) is 12.3. The molecule has 0 unspecified atom stereocenters. The molecule has 1 aromatic rings. The van der Waals surface area contributed by atoms with Gasteiger partial charge in [0.05, 0.1) is 13.2 Å². The molecule has 5 nitrogen and oxygen atoms in total. The zero-order chi connectivity index (χ0) is 14.9. The number of nitrogens with zero attached hydrogens (tertiary/aromatic N) is 2. The number of hydrogen-bond donors (Lipinski definition) is 1. The predicted molar refractivity (Wildman–Crippen MR) is 83.1 cm³/mol. The van der Waals surface area contributed by atoms with Crippen molar-refractivity contribution in [2.24, 2.45) is 0 Å². The maximum Gasteiger partial charge on any atom is 0.244 e. The molecule has 1 N–H and O–H groups in total. The third kappa shape index (κ3) is 4.72. The van der Waals surface area contributed by atoms with Crippen molar-refractivity contribution < 1.29 is 9.53 Å². The molecule has 1 saturated heterocycles. The number of carbonyl (C=O) groups excluding carboxylic acids is 1. The first-order valence-electron chi connectivity index (χ1n) is 7.15. The summed E-state index contributed by atoms with van der Waals surface area (Å²) in [7, 11) is 0. The Hall–Kier alpha value is -2.14. The molecule has 0 aromatic carbocycles. The number of carbonyl (C=O) groups is 1. The van der Waals surface area contributed by atoms with Crippen molar-refractivity contribution in [1.82, 2.24) is 10.3 Å². The minimum absolute atomic E-state index is 0.107. The summed E-state index contributed by atoms with van der Waals surface area (Å²) >= 11 is 0. The van der Waals surface area contributed by atoms with Crippen LogP contribution in [-0.2, 0) is 16.1 Å². The zero-order valence-electron chi connectivity index (χ0n) is 12.3. The lowest BCUT2D eigenvalue weighted by molar-refractivity contribution is -0.116. The summed E-state index contributed by atoms with van der Waals surface area (Å²) in [6.45, 7) is 5.48. The second kappa shape index (κ2) is 8.21. The molecule has 1 aliphatic heterocycles. The van der Waals surface area contributed by atoms with Crippen LogP contribution in [-0.4, -0.2) is 37.2 Å². The standard InChI is InChI=1S/C16H21N3O2/c1-2-3-4-7-15(20)18-13-14-6-5-8-17-16(14)19-9-11-21-12-10-19/h2-8H,9-13H2,1H3,(H,18,20)/b3-2+,7-4+. The van der Waals surface area contributed by atoms with E-state index in [1.54, 1.807) is 12.3 Å². The van der Waals surface area contributed by atoms with Gasteiger partial charge in [-0.15, -0.1) is 0 Å². The lowest BCUT2D eigenvalue weighted by Gasteiger charge is -2.29. The quantitative estimate of drug-likeness (QED) is 0.661. The highest BCUT2D eigenvalue weighted by molar-refractivity contribution is 5.87. The Labute approximate surface area is 125 Å². The fraction of sp³-hybridized carbons (Fsp3) is 0.375. The fourth-order valence-corrected chi connectivity index (χ4v) is 2.12. The van der Waals surface area contributed by atoms with E-state index in [-0.39, 0.29) is 5.91 Å². The van der Waals surface area contributed by atoms with E-state index in [4.69, 9.17) is 4.74 Å². The van der Waals surface area contributed by atoms with Crippen LogP contribution >= 0.6 is 0 Å². The van der Waals surface area contributed by atoms with Gasteiger partial charge in [0.25, 0.3) is 0 Å². The molecule has 0 radical (unpaired) electrons. The second-order valence-electron chi connectivity index (χ2n) is 4.69. The molecule has 2 rings (SSSR count). The maximum atomic E-state index is 11.7. The predicted octanol–water partition coefficient (Wildman–Crippen LogP) is 1.67. The molecule has 0 bridgehead atoms. The number of pyridine rings is 1. The fourth-order valence-electron chi connectivity index (χ4n) is 2.12. The van der Waals surface area contributed by atoms with Gasteiger partial charge in [-0.25, -0.2) is 4.98 Å². The van der Waals surface area contributed by atoms with Crippen LogP contribution in [0.2, 0.25) is 0 Å². The number of anilines is 1. The van der Waals surface area contributed by atoms with Crippen LogP contribution in [0.5, 0.6) is 0 Å². The van der Waals surface area contributed by atoms with Crippen molar-refractivity contribution in [1.29, 1.82) is 0 Å². The Morgan fingerprint density at radius 3 is 3.00 bits per heavy atom. The summed E-state index contributed by atoms with van der Waals surface area (Å²) in [5.74, 6) is 0.823. The van der Waals surface area contributed by atoms with Gasteiger partial charge in [0.15, 0.2) is 0 Å². The number of nitrogens with one attached hydrogen (secondary N) is 1. The number of morpholine rings is 1. The summed E-state index contributed by atoms with van der Waals surface area (Å²) in [6, 6.07) is 3.88. The van der Waals surface area contributed by atoms with Crippen LogP contribution in [0.4, 0.5) is 5.82 Å². The SMILES string of the molecule is C/C=C/C=C/C(=O)NCc1cccnc1N1CCOCC1. The summed E-state index contributed by atoms with van der Waals surface area (Å²) in [5.41, 5.74) is 1.02. The molecule has 1 aromatic heterocycles. The van der Waals surface area contributed by atoms with Crippen molar-refractivity contribution in [3.05, 3.63) is 48.2 Å². The molecular formula is C16H21N3O2. The molecule has 0 saturated carbocycles. The molecule has 112 valence electrons. The molecule has 1 fully saturated rings. The van der Waals surface area contributed by atoms with E-state index < -0.39 is 0 Å². The van der Waals surface area contributed by atoms with Crippen LogP contribution in [0.15, 0.2) is 42.6 Å². The Morgan fingerprint density at radius 2 is 2.24 bits per heavy atom. The summed E-state index contributed by atoms with van der Waals surface area (Å²) in [6.07, 6.45) is 8.72. The largest absolute Gasteiger partial charge is 0.378 e. The Kier molecular flexibility index (Phi) is 5.97. The third-order valence-corrected chi connectivity index (χ3v) is 3.18. The molecule has 0 atom stereocenters. The van der Waals surface area contributed by atoms with Gasteiger partial charge < -0.3 is 15.0 Å². The molecule has 5 heteroatoms. The second-order valence-corrected chi connectivity index (χ2v) is 4.69. The third-order valence-electron chi connectivity index (χ3n) is 3.18. The van der Waals surface area contributed by atoms with Crippen molar-refractivity contribution in [3.63, 3.8) is 0 Å². The van der Waals surface area contributed by atoms with Gasteiger partial charge in [-0.1, -0.05) is 24.3 Å². The van der Waals surface area contributed by atoms with Crippen LogP contribution in [0, 0.1) is 0 Å². The van der Waals surface area contributed by atoms with Crippen LogP contribution in [0.1, 0.15) is 12.5 Å². The number of allylic oxidation sites excluding steroid dienone is 3. The van der Waals surface area contributed by atoms with Gasteiger partial charge in [0, 0.05) is 37.5 Å². The number of amides is 1. The van der Waals surface area contributed by atoms with Gasteiger partial charge in [-0.05, 0) is 13.0 Å². The van der Waals surface area contributed by atoms with Gasteiger partial charge >= 0.3 is 0 Å². The lowest BCUT2D eigenvalue weighted by Crippen LogP contribution is -2.37. The number of ether oxygens (including phenoxy) is 1. The van der Waals surface area contributed by atoms with Crippen LogP contribution in [0.3, 0.4) is 0 Å². The van der Waals surface area contributed by atoms with E-state index in [0.717, 1.165) is 24.5 Å². The normalized spacial score (nSPS) is 15.8. The van der Waals surface area contributed by atoms with Crippen molar-refractivity contribution in [2.45, 2.75) is 13.5 Å². The van der Waals surface area contributed by atoms with Gasteiger partial charge in [0.2, 0.25) is 5.91 Å². The van der Waals surface area contributed by atoms with Crippen molar-refractivity contribution in [3.8, 4) is 0 Å². The smallest absolute Gasteiger partial charge is 0.244 e. The summed E-state index contributed by atoms with van der Waals surface area (Å²) in [5, 5.41) is 2.88. The van der Waals surface area contributed by atoms with E-state index >= 15 is 0 Å². The van der Waals surface area contributed by atoms with E-state index in [1.807, 2.05) is 31.2 Å². The first-order valence-corrected chi connectivity index (χ1v) is 7.15. The number of aromatic nitrogens is 1. The van der Waals surface area contributed by atoms with E-state index in [9.17, 15) is 4.79 Å². The van der Waals surface area contributed by atoms with Gasteiger partial charge in [0.1, 0.15) is 5.82 Å². The average molecular weight is 287 g/mol. The highest BCUT2D eigenvalue weighted by Crippen LogP contribution is 2.18. The molecule has 1 aliphatic rings. The van der Waals surface area contributed by atoms with E-state index in [0.29, 0.717) is 19.8 Å². The number of rotatable bonds is 5. The molecule has 1 amide bonds. The van der Waals surface area contributed by atoms with E-state index in [1.165, 1.54) is 6.08 Å². The van der Waals surface area contributed by atoms with Gasteiger partial charge in [-0.3, -0.25) is 4.79 Å². The Bertz CT molecular complexity index is 520. The lowest BCUT2D eigenvalue weighted by atomic mass is 10.2. The first kappa shape index (κ1) is 15.3. The van der Waals surface area contributed by atoms with Crippen molar-refractivity contribution in [2.75, 3.05) is 31.2 Å². The van der Waals surface area contributed by atoms with Crippen LogP contribution in [0.25, 0.3) is 0 Å². The summed E-state index contributed by atoms with van der Waals surface area (Å²) < 4.78 is 5.36. The monoisotopic (exact) mass is 287 g/mol. The maximum absolute atomic E-state index is 11.7. The molecule has 0 spiro atoms. The highest BCUT2D eigenvalue weighted by atomic mass is 16.5. The van der Waals surface area contributed by atoms with Crippen LogP contribution < -0.4 is 10.2 Å². The molecule has 21 heavy (non-hydrogen) atoms. The molecule has 0 aliphatic carbocycles. The minimum atomic E-state index is -0.107. The Balaban J connectivity index is 1.98. The Morgan fingerprint density at radius 1 is 1.43 bits per heavy atom. The molecular weight excluding hydrogens is 266 g/mol. The topological polar surface area (TPSA) is 54.5 Å². The van der Waals surface area contributed by atoms with Crippen molar-refractivity contribution >= 4 is 11.7 Å². The highest BCUT2D eigenvalue weighted by Gasteiger charge is 2.15. The number of hydrogen-bond acceptors (Lipinski definition) is 4.